The quantitative estimate of drug-likeness (QED) is 0.290. The van der Waals surface area contributed by atoms with Crippen molar-refractivity contribution in [2.45, 2.75) is 0 Å². The van der Waals surface area contributed by atoms with E-state index in [1.54, 1.807) is 0 Å². The first-order valence-electron chi connectivity index (χ1n) is 3.27. The van der Waals surface area contributed by atoms with Crippen LogP contribution in [0.25, 0.3) is 0 Å². The Morgan fingerprint density at radius 2 is 0.375 bits per heavy atom. The molecule has 0 aromatic heterocycles. The molecule has 24 heavy (non-hydrogen) atoms. The minimum absolute atomic E-state index is 0. The van der Waals surface area contributed by atoms with Crippen molar-refractivity contribution in [3.8, 4) is 0 Å². The smallest absolute Gasteiger partial charge is 0.829 e. The Morgan fingerprint density at radius 3 is 0.458 bits per heavy atom. The Labute approximate surface area is 319 Å². The molecule has 0 aromatic rings. The van der Waals surface area contributed by atoms with Crippen molar-refractivity contribution in [2.24, 2.45) is 0 Å². The fraction of sp³-hybridized carbons (Fsp3) is 0. The van der Waals surface area contributed by atoms with Crippen LogP contribution in [0.3, 0.4) is 0 Å². The van der Waals surface area contributed by atoms with Crippen LogP contribution in [-0.2, 0) is 16.5 Å². The Balaban J connectivity index is -0.0000000533. The summed E-state index contributed by atoms with van der Waals surface area (Å²) in [5.74, 6) is 0. The van der Waals surface area contributed by atoms with E-state index >= 15 is 0 Å². The van der Waals surface area contributed by atoms with E-state index in [-0.39, 0.29) is 236 Å². The maximum Gasteiger partial charge on any atom is 1.00 e. The van der Waals surface area contributed by atoms with Gasteiger partial charge in [-0.15, -0.1) is 0 Å². The first kappa shape index (κ1) is 53.6. The van der Waals surface area contributed by atoms with Crippen molar-refractivity contribution < 1.29 is 291 Å². The first-order chi connectivity index (χ1) is 6.83. The number of hydrogen-bond acceptors (Lipinski definition) is 12. The minimum Gasteiger partial charge on any atom is -0.829 e. The molecule has 0 saturated carbocycles. The summed E-state index contributed by atoms with van der Waals surface area (Å²) in [7, 11) is -24.6. The topological polar surface area (TPSA) is 221 Å². The summed E-state index contributed by atoms with van der Waals surface area (Å²) < 4.78 is 12.6. The second-order valence-electron chi connectivity index (χ2n) is 2.41. The van der Waals surface area contributed by atoms with Gasteiger partial charge in [-0.25, -0.2) is 0 Å². The Hall–Kier alpha value is 8.39. The fourth-order valence-corrected chi connectivity index (χ4v) is 7.76. The summed E-state index contributed by atoms with van der Waals surface area (Å²) in [5.41, 5.74) is 0. The molecular formula is Na8O12Si4. The van der Waals surface area contributed by atoms with Crippen LogP contribution in [0.2, 0.25) is 0 Å². The molecule has 0 aromatic carbocycles. The standard InChI is InChI=1S/8Na.O12Si4/c;;;;;;;;1-13(2)9-14(3,4)11-16(7,8)12-15(5,6)10-13/q8*+1;-8. The average Bonchev–Trinajstić information content (AvgIpc) is 1.67. The normalized spacial score (nSPS) is 21.0. The van der Waals surface area contributed by atoms with Gasteiger partial charge in [-0.2, -0.15) is 0 Å². The molecule has 0 amide bonds. The Kier molecular flexibility index (Phi) is 48.9. The largest absolute Gasteiger partial charge is 1.00 e. The molecular weight excluding hydrogens is 488 g/mol. The van der Waals surface area contributed by atoms with Crippen molar-refractivity contribution in [3.63, 3.8) is 0 Å². The van der Waals surface area contributed by atoms with Crippen LogP contribution < -0.4 is 275 Å². The van der Waals surface area contributed by atoms with Gasteiger partial charge in [0.2, 0.25) is 0 Å². The van der Waals surface area contributed by atoms with Crippen LogP contribution >= 0.6 is 0 Å². The molecule has 0 bridgehead atoms. The molecule has 1 aliphatic rings. The minimum atomic E-state index is -6.14. The van der Waals surface area contributed by atoms with Crippen LogP contribution in [0.1, 0.15) is 0 Å². The van der Waals surface area contributed by atoms with E-state index < -0.39 is 36.2 Å². The third-order valence-electron chi connectivity index (χ3n) is 1.000. The summed E-state index contributed by atoms with van der Waals surface area (Å²) in [5, 5.41) is 0. The molecule has 12 nitrogen and oxygen atoms in total. The van der Waals surface area contributed by atoms with Crippen molar-refractivity contribution in [3.05, 3.63) is 0 Å². The van der Waals surface area contributed by atoms with Crippen LogP contribution in [0.4, 0.5) is 0 Å². The van der Waals surface area contributed by atoms with Gasteiger partial charge in [-0.05, 0) is 0 Å². The van der Waals surface area contributed by atoms with E-state index in [4.69, 9.17) is 0 Å². The van der Waals surface area contributed by atoms with Crippen molar-refractivity contribution in [1.29, 1.82) is 0 Å². The molecule has 0 aliphatic carbocycles. The Morgan fingerprint density at radius 1 is 0.292 bits per heavy atom. The molecule has 1 rings (SSSR count). The van der Waals surface area contributed by atoms with Crippen LogP contribution in [0.5, 0.6) is 0 Å². The van der Waals surface area contributed by atoms with Gasteiger partial charge in [0.05, 0.1) is 0 Å². The van der Waals surface area contributed by atoms with Crippen LogP contribution in [0, 0.1) is 0 Å². The molecule has 0 N–H and O–H groups in total. The van der Waals surface area contributed by atoms with E-state index in [0.717, 1.165) is 0 Å². The summed E-state index contributed by atoms with van der Waals surface area (Å²) in [6.45, 7) is 0. The van der Waals surface area contributed by atoms with Gasteiger partial charge in [-0.3, -0.25) is 0 Å². The molecule has 1 fully saturated rings. The average molecular weight is 488 g/mol. The van der Waals surface area contributed by atoms with Gasteiger partial charge < -0.3 is 54.8 Å². The van der Waals surface area contributed by atoms with E-state index in [9.17, 15) is 38.4 Å². The predicted molar refractivity (Wildman–Crippen MR) is 27.4 cm³/mol. The summed E-state index contributed by atoms with van der Waals surface area (Å²) >= 11 is 0. The van der Waals surface area contributed by atoms with Crippen molar-refractivity contribution >= 4 is 36.2 Å². The molecule has 1 heterocycles. The monoisotopic (exact) mass is 488 g/mol. The number of rotatable bonds is 0. The third kappa shape index (κ3) is 25.0. The zero-order chi connectivity index (χ0) is 12.8. The van der Waals surface area contributed by atoms with Crippen molar-refractivity contribution in [1.82, 2.24) is 0 Å². The second-order valence-corrected chi connectivity index (χ2v) is 9.67. The van der Waals surface area contributed by atoms with Crippen LogP contribution in [0.15, 0.2) is 0 Å². The zero-order valence-corrected chi connectivity index (χ0v) is 34.9. The van der Waals surface area contributed by atoms with Gasteiger partial charge in [-0.1, -0.05) is 0 Å². The number of hydrogen-bond donors (Lipinski definition) is 0. The van der Waals surface area contributed by atoms with Crippen molar-refractivity contribution in [2.75, 3.05) is 0 Å². The molecule has 96 valence electrons. The van der Waals surface area contributed by atoms with E-state index in [0.29, 0.717) is 0 Å². The zero-order valence-electron chi connectivity index (χ0n) is 14.9. The SMILES string of the molecule is [Na+].[Na+].[Na+].[Na+].[Na+].[Na+].[Na+].[Na+].[O-][Si]1([O-])O[Si]([O-])([O-])O[Si]([O-])([O-])O[Si]([O-])([O-])O1. The van der Waals surface area contributed by atoms with Gasteiger partial charge in [0.1, 0.15) is 36.2 Å². The predicted octanol–water partition coefficient (Wildman–Crippen LogP) is -35.3. The third-order valence-corrected chi connectivity index (χ3v) is 9.00. The maximum atomic E-state index is 10.6. The van der Waals surface area contributed by atoms with Crippen LogP contribution in [-0.4, -0.2) is 36.2 Å². The molecule has 0 radical (unpaired) electrons. The molecule has 0 spiro atoms. The molecule has 1 saturated heterocycles. The van der Waals surface area contributed by atoms with Gasteiger partial charge in [0, 0.05) is 0 Å². The molecule has 0 atom stereocenters. The van der Waals surface area contributed by atoms with Gasteiger partial charge in [0.25, 0.3) is 0 Å². The fourth-order valence-electron chi connectivity index (χ4n) is 0.696. The molecule has 24 heteroatoms. The van der Waals surface area contributed by atoms with E-state index in [1.807, 2.05) is 0 Å². The van der Waals surface area contributed by atoms with Gasteiger partial charge >= 0.3 is 236 Å². The van der Waals surface area contributed by atoms with Gasteiger partial charge in [0.15, 0.2) is 0 Å². The molecule has 0 unspecified atom stereocenters. The Bertz CT molecular complexity index is 216. The summed E-state index contributed by atoms with van der Waals surface area (Å²) in [4.78, 5) is 84.8. The maximum absolute atomic E-state index is 10.6. The summed E-state index contributed by atoms with van der Waals surface area (Å²) in [6, 6.07) is 0. The first-order valence-corrected chi connectivity index (χ1v) is 9.80. The summed E-state index contributed by atoms with van der Waals surface area (Å²) in [6.07, 6.45) is 0. The van der Waals surface area contributed by atoms with E-state index in [1.165, 1.54) is 0 Å². The molecule has 1 aliphatic heterocycles. The van der Waals surface area contributed by atoms with E-state index in [2.05, 4.69) is 16.5 Å². The second kappa shape index (κ2) is 21.9.